The highest BCUT2D eigenvalue weighted by molar-refractivity contribution is 5.88. The molecule has 0 radical (unpaired) electrons. The van der Waals surface area contributed by atoms with E-state index in [1.165, 1.54) is 11.4 Å². The first-order chi connectivity index (χ1) is 25.3. The van der Waals surface area contributed by atoms with Gasteiger partial charge in [-0.3, -0.25) is 13.7 Å². The third-order valence-corrected chi connectivity index (χ3v) is 9.96. The van der Waals surface area contributed by atoms with E-state index in [0.29, 0.717) is 0 Å². The van der Waals surface area contributed by atoms with Gasteiger partial charge >= 0.3 is 0 Å². The maximum Gasteiger partial charge on any atom is 0.145 e. The molecule has 2 aliphatic rings. The Bertz CT molecular complexity index is 2550. The van der Waals surface area contributed by atoms with Crippen molar-refractivity contribution in [3.05, 3.63) is 163 Å². The van der Waals surface area contributed by atoms with Crippen molar-refractivity contribution in [3.63, 3.8) is 0 Å². The fourth-order valence-electron chi connectivity index (χ4n) is 7.67. The largest absolute Gasteiger partial charge is 0.300 e. The van der Waals surface area contributed by atoms with E-state index in [-0.39, 0.29) is 0 Å². The van der Waals surface area contributed by atoms with Gasteiger partial charge in [0.15, 0.2) is 0 Å². The number of benzene rings is 5. The van der Waals surface area contributed by atoms with Crippen LogP contribution in [0.3, 0.4) is 0 Å². The van der Waals surface area contributed by atoms with Crippen LogP contribution in [0.25, 0.3) is 79.4 Å². The summed E-state index contributed by atoms with van der Waals surface area (Å²) in [4.78, 5) is 16.0. The molecule has 0 saturated carbocycles. The van der Waals surface area contributed by atoms with Crippen molar-refractivity contribution in [2.24, 2.45) is 0 Å². The SMILES string of the molecule is C1=CCCC(n2c(-c3cc(-c4nc5ccccc5n4-c4ccccc4)cc(-c4nc5ccccc5n4-c4ccccc4)c3)nc3c2CCC=C3)=C1. The molecule has 6 heteroatoms. The lowest BCUT2D eigenvalue weighted by Crippen LogP contribution is -2.07. The molecule has 0 atom stereocenters. The molecule has 51 heavy (non-hydrogen) atoms. The highest BCUT2D eigenvalue weighted by atomic mass is 15.1. The van der Waals surface area contributed by atoms with E-state index >= 15 is 0 Å². The van der Waals surface area contributed by atoms with Gasteiger partial charge < -0.3 is 0 Å². The average Bonchev–Trinajstić information content (AvgIpc) is 3.91. The standard InChI is InChI=1S/C45H34N6/c1-4-16-34(17-5-1)49-40-25-13-10-22-37(40)46-43(49)31-28-32(44-47-38-23-11-14-26-41(38)50(44)35-18-6-2-7-19-35)30-33(29-31)45-48-39-24-12-15-27-42(39)51(45)36-20-8-3-9-21-36/h1-8,10-14,16-20,22-26,28-30H,9,15,21,27H2. The van der Waals surface area contributed by atoms with Crippen LogP contribution in [0.4, 0.5) is 0 Å². The summed E-state index contributed by atoms with van der Waals surface area (Å²) in [6.45, 7) is 0. The molecule has 0 N–H and O–H groups in total. The molecular formula is C45H34N6. The van der Waals surface area contributed by atoms with Crippen LogP contribution >= 0.6 is 0 Å². The molecule has 244 valence electrons. The van der Waals surface area contributed by atoms with Gasteiger partial charge in [0, 0.05) is 33.8 Å². The molecule has 2 aliphatic carbocycles. The maximum absolute atomic E-state index is 5.37. The minimum absolute atomic E-state index is 0.871. The number of fused-ring (bicyclic) bond motifs is 3. The lowest BCUT2D eigenvalue weighted by molar-refractivity contribution is 0.853. The molecule has 10 rings (SSSR count). The van der Waals surface area contributed by atoms with Crippen LogP contribution in [-0.4, -0.2) is 28.7 Å². The molecular weight excluding hydrogens is 625 g/mol. The van der Waals surface area contributed by atoms with Crippen molar-refractivity contribution in [2.45, 2.75) is 25.7 Å². The average molecular weight is 659 g/mol. The summed E-state index contributed by atoms with van der Waals surface area (Å²) in [6.07, 6.45) is 15.1. The van der Waals surface area contributed by atoms with Crippen LogP contribution in [0.2, 0.25) is 0 Å². The first-order valence-corrected chi connectivity index (χ1v) is 17.7. The Balaban J connectivity index is 1.29. The first-order valence-electron chi connectivity index (χ1n) is 17.7. The lowest BCUT2D eigenvalue weighted by atomic mass is 10.0. The Hall–Kier alpha value is -6.53. The van der Waals surface area contributed by atoms with E-state index in [1.54, 1.807) is 0 Å². The van der Waals surface area contributed by atoms with Crippen molar-refractivity contribution in [1.29, 1.82) is 0 Å². The number of hydrogen-bond acceptors (Lipinski definition) is 3. The summed E-state index contributed by atoms with van der Waals surface area (Å²) in [6, 6.07) is 44.6. The fraction of sp³-hybridized carbons (Fsp3) is 0.0889. The Labute approximate surface area is 296 Å². The molecule has 0 amide bonds. The van der Waals surface area contributed by atoms with Gasteiger partial charge in [-0.15, -0.1) is 0 Å². The normalized spacial score (nSPS) is 13.9. The highest BCUT2D eigenvalue weighted by Gasteiger charge is 2.25. The zero-order chi connectivity index (χ0) is 33.7. The number of para-hydroxylation sites is 6. The molecule has 0 unspecified atom stereocenters. The number of nitrogens with zero attached hydrogens (tertiary/aromatic N) is 6. The summed E-state index contributed by atoms with van der Waals surface area (Å²) < 4.78 is 6.96. The second-order valence-electron chi connectivity index (χ2n) is 13.2. The summed E-state index contributed by atoms with van der Waals surface area (Å²) in [5, 5.41) is 0. The Kier molecular flexibility index (Phi) is 6.98. The van der Waals surface area contributed by atoms with Crippen molar-refractivity contribution < 1.29 is 0 Å². The number of allylic oxidation sites excluding steroid dienone is 5. The van der Waals surface area contributed by atoms with Gasteiger partial charge in [0.25, 0.3) is 0 Å². The van der Waals surface area contributed by atoms with E-state index < -0.39 is 0 Å². The second-order valence-corrected chi connectivity index (χ2v) is 13.2. The van der Waals surface area contributed by atoms with Gasteiger partial charge in [0.1, 0.15) is 17.5 Å². The third-order valence-electron chi connectivity index (χ3n) is 9.96. The van der Waals surface area contributed by atoms with E-state index in [1.807, 2.05) is 0 Å². The van der Waals surface area contributed by atoms with Crippen molar-refractivity contribution in [3.8, 4) is 45.5 Å². The van der Waals surface area contributed by atoms with Crippen LogP contribution in [-0.2, 0) is 6.42 Å². The number of rotatable bonds is 6. The van der Waals surface area contributed by atoms with Gasteiger partial charge in [-0.05, 0) is 105 Å². The monoisotopic (exact) mass is 658 g/mol. The van der Waals surface area contributed by atoms with Gasteiger partial charge in [0.05, 0.1) is 33.5 Å². The molecule has 8 aromatic rings. The van der Waals surface area contributed by atoms with Crippen LogP contribution in [0, 0.1) is 0 Å². The minimum Gasteiger partial charge on any atom is -0.300 e. The predicted octanol–water partition coefficient (Wildman–Crippen LogP) is 10.7. The van der Waals surface area contributed by atoms with Crippen molar-refractivity contribution >= 4 is 33.8 Å². The highest BCUT2D eigenvalue weighted by Crippen LogP contribution is 2.39. The van der Waals surface area contributed by atoms with Crippen molar-refractivity contribution in [2.75, 3.05) is 0 Å². The molecule has 3 aromatic heterocycles. The molecule has 0 spiro atoms. The maximum atomic E-state index is 5.37. The summed E-state index contributed by atoms with van der Waals surface area (Å²) in [5.74, 6) is 2.69. The van der Waals surface area contributed by atoms with Gasteiger partial charge in [-0.2, -0.15) is 0 Å². The molecule has 6 nitrogen and oxygen atoms in total. The Morgan fingerprint density at radius 3 is 1.53 bits per heavy atom. The fourth-order valence-corrected chi connectivity index (χ4v) is 7.67. The second kappa shape index (κ2) is 12.1. The first kappa shape index (κ1) is 29.4. The smallest absolute Gasteiger partial charge is 0.145 e. The topological polar surface area (TPSA) is 53.5 Å². The van der Waals surface area contributed by atoms with Crippen LogP contribution in [0.1, 0.15) is 30.7 Å². The quantitative estimate of drug-likeness (QED) is 0.179. The predicted molar refractivity (Wildman–Crippen MR) is 208 cm³/mol. The lowest BCUT2D eigenvalue weighted by Gasteiger charge is -2.19. The van der Waals surface area contributed by atoms with E-state index in [9.17, 15) is 0 Å². The Morgan fingerprint density at radius 2 is 0.980 bits per heavy atom. The number of imidazole rings is 3. The van der Waals surface area contributed by atoms with Crippen molar-refractivity contribution in [1.82, 2.24) is 28.7 Å². The van der Waals surface area contributed by atoms with Crippen LogP contribution < -0.4 is 0 Å². The summed E-state index contributed by atoms with van der Waals surface area (Å²) in [7, 11) is 0. The summed E-state index contributed by atoms with van der Waals surface area (Å²) >= 11 is 0. The number of aromatic nitrogens is 6. The van der Waals surface area contributed by atoms with Gasteiger partial charge in [-0.1, -0.05) is 78.9 Å². The van der Waals surface area contributed by atoms with E-state index in [4.69, 9.17) is 15.0 Å². The molecule has 0 fully saturated rings. The number of hydrogen-bond donors (Lipinski definition) is 0. The van der Waals surface area contributed by atoms with E-state index in [0.717, 1.165) is 99.0 Å². The molecule has 0 saturated heterocycles. The zero-order valence-corrected chi connectivity index (χ0v) is 28.0. The minimum atomic E-state index is 0.871. The van der Waals surface area contributed by atoms with Crippen LogP contribution in [0.15, 0.2) is 152 Å². The van der Waals surface area contributed by atoms with E-state index in [2.05, 4.69) is 171 Å². The third kappa shape index (κ3) is 4.98. The van der Waals surface area contributed by atoms with Crippen LogP contribution in [0.5, 0.6) is 0 Å². The zero-order valence-electron chi connectivity index (χ0n) is 28.0. The molecule has 3 heterocycles. The Morgan fingerprint density at radius 1 is 0.471 bits per heavy atom. The summed E-state index contributed by atoms with van der Waals surface area (Å²) in [5.41, 5.74) is 12.7. The molecule has 5 aromatic carbocycles. The molecule has 0 bridgehead atoms. The van der Waals surface area contributed by atoms with Gasteiger partial charge in [0.2, 0.25) is 0 Å². The molecule has 0 aliphatic heterocycles. The van der Waals surface area contributed by atoms with Gasteiger partial charge in [-0.25, -0.2) is 15.0 Å².